The van der Waals surface area contributed by atoms with Gasteiger partial charge in [0.25, 0.3) is 0 Å². The van der Waals surface area contributed by atoms with Crippen LogP contribution in [0.1, 0.15) is 28.8 Å². The highest BCUT2D eigenvalue weighted by Crippen LogP contribution is 2.29. The molecule has 0 bridgehead atoms. The molecule has 1 aromatic carbocycles. The lowest BCUT2D eigenvalue weighted by molar-refractivity contribution is -0.0376. The molecule has 0 spiro atoms. The molecular formula is C13H18N2O2. The first-order valence-corrected chi connectivity index (χ1v) is 5.89. The minimum Gasteiger partial charge on any atom is -0.374 e. The molecule has 0 aliphatic heterocycles. The van der Waals surface area contributed by atoms with E-state index in [4.69, 9.17) is 16.2 Å². The van der Waals surface area contributed by atoms with Crippen LogP contribution in [0, 0.1) is 5.92 Å². The molecule has 1 amide bonds. The van der Waals surface area contributed by atoms with Gasteiger partial charge in [-0.3, -0.25) is 4.79 Å². The second-order valence-corrected chi connectivity index (χ2v) is 4.57. The van der Waals surface area contributed by atoms with Crippen LogP contribution in [0.3, 0.4) is 0 Å². The number of carbonyl (C=O) groups excluding carboxylic acids is 1. The number of rotatable bonds is 5. The van der Waals surface area contributed by atoms with E-state index in [0.29, 0.717) is 24.2 Å². The Labute approximate surface area is 101 Å². The topological polar surface area (TPSA) is 78.3 Å². The second kappa shape index (κ2) is 5.29. The zero-order valence-electron chi connectivity index (χ0n) is 9.76. The predicted molar refractivity (Wildman–Crippen MR) is 65.3 cm³/mol. The Morgan fingerprint density at radius 3 is 2.82 bits per heavy atom. The highest BCUT2D eigenvalue weighted by atomic mass is 16.5. The molecule has 92 valence electrons. The van der Waals surface area contributed by atoms with Crippen LogP contribution in [0.15, 0.2) is 24.3 Å². The summed E-state index contributed by atoms with van der Waals surface area (Å²) in [6.07, 6.45) is 2.42. The number of hydrogen-bond acceptors (Lipinski definition) is 3. The van der Waals surface area contributed by atoms with E-state index in [2.05, 4.69) is 0 Å². The molecule has 0 heterocycles. The van der Waals surface area contributed by atoms with Crippen LogP contribution in [-0.2, 0) is 11.3 Å². The first kappa shape index (κ1) is 12.1. The summed E-state index contributed by atoms with van der Waals surface area (Å²) in [4.78, 5) is 11.0. The third-order valence-electron chi connectivity index (χ3n) is 3.22. The summed E-state index contributed by atoms with van der Waals surface area (Å²) in [5.41, 5.74) is 12.3. The lowest BCUT2D eigenvalue weighted by Crippen LogP contribution is -2.35. The van der Waals surface area contributed by atoms with Crippen LogP contribution in [0.2, 0.25) is 0 Å². The van der Waals surface area contributed by atoms with E-state index in [1.807, 2.05) is 12.1 Å². The number of ether oxygens (including phenoxy) is 1. The molecule has 1 aromatic rings. The van der Waals surface area contributed by atoms with Gasteiger partial charge in [-0.15, -0.1) is 0 Å². The first-order chi connectivity index (χ1) is 8.19. The molecule has 0 atom stereocenters. The van der Waals surface area contributed by atoms with Gasteiger partial charge in [-0.25, -0.2) is 0 Å². The van der Waals surface area contributed by atoms with E-state index in [9.17, 15) is 4.79 Å². The summed E-state index contributed by atoms with van der Waals surface area (Å²) in [5, 5.41) is 0. The molecule has 1 aliphatic carbocycles. The van der Waals surface area contributed by atoms with Crippen LogP contribution in [0.4, 0.5) is 0 Å². The standard InChI is InChI=1S/C13H18N2O2/c14-7-10-5-12(6-10)17-8-9-2-1-3-11(4-9)13(15)16/h1-4,10,12H,5-8,14H2,(H2,15,16). The number of carbonyl (C=O) groups is 1. The van der Waals surface area contributed by atoms with E-state index >= 15 is 0 Å². The zero-order valence-corrected chi connectivity index (χ0v) is 9.76. The maximum absolute atomic E-state index is 11.0. The van der Waals surface area contributed by atoms with Crippen molar-refractivity contribution in [2.45, 2.75) is 25.6 Å². The van der Waals surface area contributed by atoms with Gasteiger partial charge in [0.1, 0.15) is 0 Å². The van der Waals surface area contributed by atoms with Gasteiger partial charge in [-0.05, 0) is 43.0 Å². The minimum absolute atomic E-state index is 0.320. The molecule has 4 nitrogen and oxygen atoms in total. The molecule has 0 aromatic heterocycles. The maximum atomic E-state index is 11.0. The number of amides is 1. The van der Waals surface area contributed by atoms with Crippen LogP contribution >= 0.6 is 0 Å². The van der Waals surface area contributed by atoms with Crippen LogP contribution < -0.4 is 11.5 Å². The largest absolute Gasteiger partial charge is 0.374 e. The SMILES string of the molecule is NCC1CC(OCc2cccc(C(N)=O)c2)C1. The lowest BCUT2D eigenvalue weighted by atomic mass is 9.82. The van der Waals surface area contributed by atoms with Crippen LogP contribution in [0.25, 0.3) is 0 Å². The number of nitrogens with two attached hydrogens (primary N) is 2. The molecule has 1 fully saturated rings. The third kappa shape index (κ3) is 3.05. The van der Waals surface area contributed by atoms with Crippen molar-refractivity contribution in [2.75, 3.05) is 6.54 Å². The Morgan fingerprint density at radius 1 is 1.41 bits per heavy atom. The molecule has 4 heteroatoms. The quantitative estimate of drug-likeness (QED) is 0.799. The van der Waals surface area contributed by atoms with Gasteiger partial charge < -0.3 is 16.2 Å². The Morgan fingerprint density at radius 2 is 2.18 bits per heavy atom. The lowest BCUT2D eigenvalue weighted by Gasteiger charge is -2.34. The molecule has 0 unspecified atom stereocenters. The van der Waals surface area contributed by atoms with E-state index in [-0.39, 0.29) is 0 Å². The molecule has 1 aliphatic rings. The monoisotopic (exact) mass is 234 g/mol. The minimum atomic E-state index is -0.404. The van der Waals surface area contributed by atoms with Gasteiger partial charge in [0.15, 0.2) is 0 Å². The van der Waals surface area contributed by atoms with E-state index in [0.717, 1.165) is 24.9 Å². The Balaban J connectivity index is 1.83. The number of benzene rings is 1. The summed E-state index contributed by atoms with van der Waals surface area (Å²) < 4.78 is 5.72. The van der Waals surface area contributed by atoms with E-state index < -0.39 is 5.91 Å². The summed E-state index contributed by atoms with van der Waals surface area (Å²) >= 11 is 0. The highest BCUT2D eigenvalue weighted by molar-refractivity contribution is 5.92. The fourth-order valence-electron chi connectivity index (χ4n) is 2.03. The van der Waals surface area contributed by atoms with Gasteiger partial charge in [0.2, 0.25) is 5.91 Å². The van der Waals surface area contributed by atoms with Gasteiger partial charge >= 0.3 is 0 Å². The van der Waals surface area contributed by atoms with Crippen molar-refractivity contribution >= 4 is 5.91 Å². The third-order valence-corrected chi connectivity index (χ3v) is 3.22. The zero-order chi connectivity index (χ0) is 12.3. The van der Waals surface area contributed by atoms with E-state index in [1.165, 1.54) is 0 Å². The van der Waals surface area contributed by atoms with Crippen molar-refractivity contribution < 1.29 is 9.53 Å². The summed E-state index contributed by atoms with van der Waals surface area (Å²) in [7, 11) is 0. The van der Waals surface area contributed by atoms with Crippen LogP contribution in [-0.4, -0.2) is 18.6 Å². The first-order valence-electron chi connectivity index (χ1n) is 5.89. The van der Waals surface area contributed by atoms with Gasteiger partial charge in [0, 0.05) is 5.56 Å². The molecule has 1 saturated carbocycles. The molecule has 0 saturated heterocycles. The summed E-state index contributed by atoms with van der Waals surface area (Å²) in [6, 6.07) is 7.24. The Bertz CT molecular complexity index is 400. The Hall–Kier alpha value is -1.39. The summed E-state index contributed by atoms with van der Waals surface area (Å²) in [5.74, 6) is 0.218. The average molecular weight is 234 g/mol. The average Bonchev–Trinajstić information content (AvgIpc) is 2.27. The predicted octanol–water partition coefficient (Wildman–Crippen LogP) is 1.04. The van der Waals surface area contributed by atoms with Gasteiger partial charge in [-0.1, -0.05) is 12.1 Å². The van der Waals surface area contributed by atoms with Crippen molar-refractivity contribution in [1.82, 2.24) is 0 Å². The fraction of sp³-hybridized carbons (Fsp3) is 0.462. The normalized spacial score (nSPS) is 23.1. The fourth-order valence-corrected chi connectivity index (χ4v) is 2.03. The van der Waals surface area contributed by atoms with Gasteiger partial charge in [0.05, 0.1) is 12.7 Å². The van der Waals surface area contributed by atoms with Crippen molar-refractivity contribution in [3.8, 4) is 0 Å². The molecule has 17 heavy (non-hydrogen) atoms. The van der Waals surface area contributed by atoms with E-state index in [1.54, 1.807) is 12.1 Å². The number of primary amides is 1. The second-order valence-electron chi connectivity index (χ2n) is 4.57. The summed E-state index contributed by atoms with van der Waals surface area (Å²) in [6.45, 7) is 1.28. The maximum Gasteiger partial charge on any atom is 0.248 e. The van der Waals surface area contributed by atoms with Crippen molar-refractivity contribution in [3.63, 3.8) is 0 Å². The molecule has 0 radical (unpaired) electrons. The van der Waals surface area contributed by atoms with Crippen molar-refractivity contribution in [1.29, 1.82) is 0 Å². The number of hydrogen-bond donors (Lipinski definition) is 2. The molecule has 4 N–H and O–H groups in total. The smallest absolute Gasteiger partial charge is 0.248 e. The highest BCUT2D eigenvalue weighted by Gasteiger charge is 2.28. The molecular weight excluding hydrogens is 216 g/mol. The Kier molecular flexibility index (Phi) is 3.76. The molecule has 2 rings (SSSR count). The van der Waals surface area contributed by atoms with Crippen LogP contribution in [0.5, 0.6) is 0 Å². The van der Waals surface area contributed by atoms with Gasteiger partial charge in [-0.2, -0.15) is 0 Å². The van der Waals surface area contributed by atoms with Crippen molar-refractivity contribution in [2.24, 2.45) is 17.4 Å². The van der Waals surface area contributed by atoms with Crippen molar-refractivity contribution in [3.05, 3.63) is 35.4 Å².